The molecular formula is C20H25ClN2O2. The highest BCUT2D eigenvalue weighted by Crippen LogP contribution is 2.38. The van der Waals surface area contributed by atoms with Crippen LogP contribution < -0.4 is 10.1 Å². The molecular weight excluding hydrogens is 336 g/mol. The van der Waals surface area contributed by atoms with Crippen molar-refractivity contribution in [2.45, 2.75) is 19.3 Å². The van der Waals surface area contributed by atoms with Crippen LogP contribution in [0.15, 0.2) is 36.4 Å². The van der Waals surface area contributed by atoms with Crippen molar-refractivity contribution < 1.29 is 9.53 Å². The minimum Gasteiger partial charge on any atom is -0.496 e. The van der Waals surface area contributed by atoms with E-state index in [4.69, 9.17) is 4.74 Å². The number of hydrogen-bond acceptors (Lipinski definition) is 3. The number of benzene rings is 2. The summed E-state index contributed by atoms with van der Waals surface area (Å²) in [6.45, 7) is 3.96. The fraction of sp³-hybridized carbons (Fsp3) is 0.450. The minimum atomic E-state index is 0. The number of ether oxygens (including phenoxy) is 1. The summed E-state index contributed by atoms with van der Waals surface area (Å²) >= 11 is 0. The molecule has 2 fully saturated rings. The van der Waals surface area contributed by atoms with Crippen LogP contribution in [-0.4, -0.2) is 44.1 Å². The number of amides is 1. The normalized spacial score (nSPS) is 19.0. The summed E-state index contributed by atoms with van der Waals surface area (Å²) < 4.78 is 5.44. The summed E-state index contributed by atoms with van der Waals surface area (Å²) in [5.74, 6) is 0.964. The number of likely N-dealkylation sites (tertiary alicyclic amines) is 1. The lowest BCUT2D eigenvalue weighted by Gasteiger charge is -2.39. The molecule has 0 radical (unpaired) electrons. The Bertz CT molecular complexity index is 761. The Kier molecular flexibility index (Phi) is 5.21. The van der Waals surface area contributed by atoms with Crippen molar-refractivity contribution in [2.24, 2.45) is 5.41 Å². The van der Waals surface area contributed by atoms with Gasteiger partial charge in [-0.05, 0) is 48.7 Å². The maximum absolute atomic E-state index is 13.1. The lowest BCUT2D eigenvalue weighted by atomic mass is 9.77. The van der Waals surface area contributed by atoms with Crippen molar-refractivity contribution in [1.29, 1.82) is 0 Å². The van der Waals surface area contributed by atoms with Gasteiger partial charge in [0.15, 0.2) is 0 Å². The fourth-order valence-electron chi connectivity index (χ4n) is 4.21. The topological polar surface area (TPSA) is 41.6 Å². The van der Waals surface area contributed by atoms with Crippen LogP contribution in [0.5, 0.6) is 5.75 Å². The van der Waals surface area contributed by atoms with E-state index in [0.29, 0.717) is 5.41 Å². The molecule has 0 aromatic heterocycles. The van der Waals surface area contributed by atoms with E-state index in [0.717, 1.165) is 61.1 Å². The molecule has 2 aromatic rings. The largest absolute Gasteiger partial charge is 0.496 e. The highest BCUT2D eigenvalue weighted by Gasteiger charge is 2.38. The van der Waals surface area contributed by atoms with Crippen LogP contribution in [0.3, 0.4) is 0 Å². The molecule has 5 heteroatoms. The standard InChI is InChI=1S/C20H24N2O2.ClH/c1-24-18-7-6-17(15-4-2-3-5-16(15)18)19(23)22-12-9-20(10-13-22)8-11-21-14-20;/h2-7,21H,8-14H2,1H3;1H. The molecule has 1 spiro atoms. The van der Waals surface area contributed by atoms with E-state index in [2.05, 4.69) is 5.32 Å². The van der Waals surface area contributed by atoms with Crippen molar-refractivity contribution in [2.75, 3.05) is 33.3 Å². The zero-order valence-corrected chi connectivity index (χ0v) is 15.4. The average molecular weight is 361 g/mol. The van der Waals surface area contributed by atoms with E-state index in [1.165, 1.54) is 6.42 Å². The monoisotopic (exact) mass is 360 g/mol. The maximum Gasteiger partial charge on any atom is 0.254 e. The second-order valence-electron chi connectivity index (χ2n) is 7.08. The zero-order valence-electron chi connectivity index (χ0n) is 14.6. The number of halogens is 1. The Balaban J connectivity index is 0.00000182. The third kappa shape index (κ3) is 3.21. The van der Waals surface area contributed by atoms with Gasteiger partial charge in [0.2, 0.25) is 0 Å². The summed E-state index contributed by atoms with van der Waals surface area (Å²) in [4.78, 5) is 15.1. The molecule has 4 nitrogen and oxygen atoms in total. The van der Waals surface area contributed by atoms with E-state index < -0.39 is 0 Å². The van der Waals surface area contributed by atoms with Gasteiger partial charge in [-0.15, -0.1) is 12.4 Å². The molecule has 0 unspecified atom stereocenters. The van der Waals surface area contributed by atoms with E-state index in [1.54, 1.807) is 7.11 Å². The van der Waals surface area contributed by atoms with Gasteiger partial charge in [-0.2, -0.15) is 0 Å². The van der Waals surface area contributed by atoms with Crippen LogP contribution in [0.25, 0.3) is 10.8 Å². The van der Waals surface area contributed by atoms with Gasteiger partial charge in [0.25, 0.3) is 5.91 Å². The molecule has 0 bridgehead atoms. The molecule has 0 aliphatic carbocycles. The Morgan fingerprint density at radius 3 is 2.44 bits per heavy atom. The number of fused-ring (bicyclic) bond motifs is 1. The molecule has 2 aliphatic heterocycles. The number of piperidine rings is 1. The van der Waals surface area contributed by atoms with E-state index in [-0.39, 0.29) is 18.3 Å². The quantitative estimate of drug-likeness (QED) is 0.891. The summed E-state index contributed by atoms with van der Waals surface area (Å²) in [6.07, 6.45) is 3.47. The maximum atomic E-state index is 13.1. The van der Waals surface area contributed by atoms with Crippen LogP contribution in [0, 0.1) is 5.41 Å². The molecule has 2 aliphatic rings. The van der Waals surface area contributed by atoms with Crippen molar-refractivity contribution in [1.82, 2.24) is 10.2 Å². The second-order valence-corrected chi connectivity index (χ2v) is 7.08. The highest BCUT2D eigenvalue weighted by molar-refractivity contribution is 6.08. The minimum absolute atomic E-state index is 0. The summed E-state index contributed by atoms with van der Waals surface area (Å²) in [6, 6.07) is 11.8. The first kappa shape index (κ1) is 18.0. The molecule has 25 heavy (non-hydrogen) atoms. The second kappa shape index (κ2) is 7.22. The molecule has 4 rings (SSSR count). The van der Waals surface area contributed by atoms with Crippen molar-refractivity contribution in [3.8, 4) is 5.75 Å². The first-order valence-corrected chi connectivity index (χ1v) is 8.78. The Morgan fingerprint density at radius 2 is 1.80 bits per heavy atom. The first-order chi connectivity index (χ1) is 11.7. The summed E-state index contributed by atoms with van der Waals surface area (Å²) in [5, 5.41) is 5.45. The van der Waals surface area contributed by atoms with Crippen LogP contribution in [0.1, 0.15) is 29.6 Å². The Morgan fingerprint density at radius 1 is 1.08 bits per heavy atom. The third-order valence-corrected chi connectivity index (χ3v) is 5.78. The molecule has 0 saturated carbocycles. The number of nitrogens with one attached hydrogen (secondary N) is 1. The summed E-state index contributed by atoms with van der Waals surface area (Å²) in [7, 11) is 1.67. The van der Waals surface area contributed by atoms with Crippen LogP contribution in [0.4, 0.5) is 0 Å². The lowest BCUT2D eigenvalue weighted by molar-refractivity contribution is 0.0609. The molecule has 2 saturated heterocycles. The van der Waals surface area contributed by atoms with Gasteiger partial charge in [-0.3, -0.25) is 4.79 Å². The van der Waals surface area contributed by atoms with E-state index in [9.17, 15) is 4.79 Å². The van der Waals surface area contributed by atoms with Gasteiger partial charge < -0.3 is 15.0 Å². The van der Waals surface area contributed by atoms with Crippen molar-refractivity contribution in [3.05, 3.63) is 42.0 Å². The highest BCUT2D eigenvalue weighted by atomic mass is 35.5. The zero-order chi connectivity index (χ0) is 16.6. The van der Waals surface area contributed by atoms with Gasteiger partial charge in [0, 0.05) is 30.6 Å². The fourth-order valence-corrected chi connectivity index (χ4v) is 4.21. The molecule has 2 aromatic carbocycles. The Hall–Kier alpha value is -1.78. The molecule has 0 atom stereocenters. The predicted molar refractivity (Wildman–Crippen MR) is 103 cm³/mol. The van der Waals surface area contributed by atoms with Crippen molar-refractivity contribution >= 4 is 29.1 Å². The summed E-state index contributed by atoms with van der Waals surface area (Å²) in [5.41, 5.74) is 1.21. The predicted octanol–water partition coefficient (Wildman–Crippen LogP) is 3.49. The SMILES string of the molecule is COc1ccc(C(=O)N2CCC3(CCNC3)CC2)c2ccccc12.Cl. The van der Waals surface area contributed by atoms with Gasteiger partial charge in [-0.25, -0.2) is 0 Å². The van der Waals surface area contributed by atoms with Gasteiger partial charge in [0.05, 0.1) is 7.11 Å². The smallest absolute Gasteiger partial charge is 0.254 e. The van der Waals surface area contributed by atoms with Gasteiger partial charge in [-0.1, -0.05) is 24.3 Å². The number of nitrogens with zero attached hydrogens (tertiary/aromatic N) is 1. The van der Waals surface area contributed by atoms with Gasteiger partial charge in [0.1, 0.15) is 5.75 Å². The number of methoxy groups -OCH3 is 1. The van der Waals surface area contributed by atoms with E-state index >= 15 is 0 Å². The van der Waals surface area contributed by atoms with Crippen molar-refractivity contribution in [3.63, 3.8) is 0 Å². The van der Waals surface area contributed by atoms with Crippen LogP contribution in [-0.2, 0) is 0 Å². The van der Waals surface area contributed by atoms with E-state index in [1.807, 2.05) is 41.3 Å². The molecule has 134 valence electrons. The molecule has 1 N–H and O–H groups in total. The average Bonchev–Trinajstić information content (AvgIpc) is 3.09. The third-order valence-electron chi connectivity index (χ3n) is 5.78. The number of rotatable bonds is 2. The molecule has 2 heterocycles. The lowest BCUT2D eigenvalue weighted by Crippen LogP contribution is -2.44. The number of carbonyl (C=O) groups is 1. The number of hydrogen-bond donors (Lipinski definition) is 1. The Labute approximate surface area is 154 Å². The molecule has 1 amide bonds. The van der Waals surface area contributed by atoms with Crippen LogP contribution in [0.2, 0.25) is 0 Å². The first-order valence-electron chi connectivity index (χ1n) is 8.78. The number of carbonyl (C=O) groups excluding carboxylic acids is 1. The van der Waals surface area contributed by atoms with Gasteiger partial charge >= 0.3 is 0 Å². The van der Waals surface area contributed by atoms with Crippen LogP contribution >= 0.6 is 12.4 Å².